The first-order valence-corrected chi connectivity index (χ1v) is 10.3. The SMILES string of the molecule is O=C(COc1ccc(Cl)c(F)c1)NC12CC(C(=O)NCc3cccc(OC(F)F)c3)(C1)C2. The summed E-state index contributed by atoms with van der Waals surface area (Å²) in [5, 5.41) is 5.67. The molecule has 0 saturated heterocycles. The third-order valence-electron chi connectivity index (χ3n) is 5.75. The molecule has 2 bridgehead atoms. The molecule has 32 heavy (non-hydrogen) atoms. The minimum Gasteiger partial charge on any atom is -0.484 e. The molecule has 3 aliphatic rings. The summed E-state index contributed by atoms with van der Waals surface area (Å²) < 4.78 is 47.7. The lowest BCUT2D eigenvalue weighted by atomic mass is 9.39. The lowest BCUT2D eigenvalue weighted by molar-refractivity contribution is -0.184. The third kappa shape index (κ3) is 4.62. The van der Waals surface area contributed by atoms with Gasteiger partial charge in [0.2, 0.25) is 5.91 Å². The number of alkyl halides is 2. The van der Waals surface area contributed by atoms with Crippen LogP contribution >= 0.6 is 11.6 Å². The summed E-state index contributed by atoms with van der Waals surface area (Å²) in [6, 6.07) is 10.1. The third-order valence-corrected chi connectivity index (χ3v) is 6.06. The van der Waals surface area contributed by atoms with Crippen LogP contribution in [0.25, 0.3) is 0 Å². The van der Waals surface area contributed by atoms with E-state index in [1.807, 2.05) is 0 Å². The first-order valence-electron chi connectivity index (χ1n) is 9.90. The molecule has 0 atom stereocenters. The lowest BCUT2D eigenvalue weighted by Crippen LogP contribution is -2.78. The van der Waals surface area contributed by atoms with Crippen LogP contribution in [0.5, 0.6) is 11.5 Å². The molecular weight excluding hydrogens is 449 g/mol. The Kier molecular flexibility index (Phi) is 5.94. The van der Waals surface area contributed by atoms with Crippen molar-refractivity contribution in [3.8, 4) is 11.5 Å². The molecule has 2 aromatic rings. The van der Waals surface area contributed by atoms with Crippen LogP contribution in [0, 0.1) is 11.2 Å². The van der Waals surface area contributed by atoms with Crippen molar-refractivity contribution in [3.05, 3.63) is 58.9 Å². The highest BCUT2D eigenvalue weighted by Crippen LogP contribution is 2.67. The number of hydrogen-bond donors (Lipinski definition) is 2. The summed E-state index contributed by atoms with van der Waals surface area (Å²) in [7, 11) is 0. The summed E-state index contributed by atoms with van der Waals surface area (Å²) in [6.07, 6.45) is 1.55. The van der Waals surface area contributed by atoms with Gasteiger partial charge in [-0.05, 0) is 49.1 Å². The quantitative estimate of drug-likeness (QED) is 0.586. The number of hydrogen-bond acceptors (Lipinski definition) is 4. The molecule has 10 heteroatoms. The highest BCUT2D eigenvalue weighted by molar-refractivity contribution is 6.30. The summed E-state index contributed by atoms with van der Waals surface area (Å²) >= 11 is 5.61. The molecule has 0 aromatic heterocycles. The molecule has 3 saturated carbocycles. The number of amides is 2. The second-order valence-electron chi connectivity index (χ2n) is 8.21. The molecule has 2 amide bonds. The fourth-order valence-corrected chi connectivity index (χ4v) is 4.53. The molecule has 2 N–H and O–H groups in total. The van der Waals surface area contributed by atoms with E-state index in [0.717, 1.165) is 6.07 Å². The number of benzene rings is 2. The topological polar surface area (TPSA) is 76.7 Å². The van der Waals surface area contributed by atoms with Crippen molar-refractivity contribution in [1.82, 2.24) is 10.6 Å². The standard InChI is InChI=1S/C22H20ClF3N2O4/c23-16-5-4-14(7-17(16)24)31-9-18(29)28-22-10-21(11-22,12-22)19(30)27-8-13-2-1-3-15(6-13)32-20(25)26/h1-7,20H,8-12H2,(H,27,30)(H,28,29). The fraction of sp³-hybridized carbons (Fsp3) is 0.364. The van der Waals surface area contributed by atoms with Crippen LogP contribution in [0.1, 0.15) is 24.8 Å². The molecule has 5 rings (SSSR count). The van der Waals surface area contributed by atoms with Crippen molar-refractivity contribution >= 4 is 23.4 Å². The van der Waals surface area contributed by atoms with E-state index in [9.17, 15) is 22.8 Å². The number of nitrogens with one attached hydrogen (secondary N) is 2. The zero-order valence-corrected chi connectivity index (χ0v) is 17.6. The summed E-state index contributed by atoms with van der Waals surface area (Å²) in [5.41, 5.74) is -0.305. The van der Waals surface area contributed by atoms with E-state index in [2.05, 4.69) is 15.4 Å². The molecule has 0 radical (unpaired) electrons. The zero-order chi connectivity index (χ0) is 22.9. The van der Waals surface area contributed by atoms with Crippen molar-refractivity contribution in [2.45, 2.75) is 38.0 Å². The van der Waals surface area contributed by atoms with E-state index in [-0.39, 0.29) is 41.5 Å². The minimum atomic E-state index is -2.91. The number of carbonyl (C=O) groups excluding carboxylic acids is 2. The molecule has 3 fully saturated rings. The van der Waals surface area contributed by atoms with Crippen molar-refractivity contribution in [2.75, 3.05) is 6.61 Å². The van der Waals surface area contributed by atoms with Crippen LogP contribution in [-0.4, -0.2) is 30.6 Å². The molecule has 0 spiro atoms. The van der Waals surface area contributed by atoms with E-state index < -0.39 is 23.4 Å². The molecule has 0 aliphatic heterocycles. The van der Waals surface area contributed by atoms with E-state index in [1.54, 1.807) is 12.1 Å². The Morgan fingerprint density at radius 3 is 2.53 bits per heavy atom. The van der Waals surface area contributed by atoms with Gasteiger partial charge in [0, 0.05) is 18.2 Å². The van der Waals surface area contributed by atoms with E-state index in [0.29, 0.717) is 24.8 Å². The predicted molar refractivity (Wildman–Crippen MR) is 109 cm³/mol. The molecular formula is C22H20ClF3N2O4. The lowest BCUT2D eigenvalue weighted by Gasteiger charge is -2.69. The Morgan fingerprint density at radius 2 is 1.84 bits per heavy atom. The highest BCUT2D eigenvalue weighted by Gasteiger charge is 2.72. The van der Waals surface area contributed by atoms with Crippen LogP contribution in [0.3, 0.4) is 0 Å². The van der Waals surface area contributed by atoms with Gasteiger partial charge in [-0.25, -0.2) is 4.39 Å². The van der Waals surface area contributed by atoms with Crippen molar-refractivity contribution < 1.29 is 32.2 Å². The smallest absolute Gasteiger partial charge is 0.387 e. The molecule has 0 unspecified atom stereocenters. The van der Waals surface area contributed by atoms with Crippen molar-refractivity contribution in [2.24, 2.45) is 5.41 Å². The maximum atomic E-state index is 13.4. The summed E-state index contributed by atoms with van der Waals surface area (Å²) in [5.74, 6) is -0.905. The number of carbonyl (C=O) groups is 2. The largest absolute Gasteiger partial charge is 0.484 e. The van der Waals surface area contributed by atoms with Crippen LogP contribution in [-0.2, 0) is 16.1 Å². The zero-order valence-electron chi connectivity index (χ0n) is 16.8. The maximum Gasteiger partial charge on any atom is 0.387 e. The average Bonchev–Trinajstić information content (AvgIpc) is 2.68. The van der Waals surface area contributed by atoms with E-state index >= 15 is 0 Å². The molecule has 3 aliphatic carbocycles. The van der Waals surface area contributed by atoms with Gasteiger partial charge < -0.3 is 20.1 Å². The molecule has 6 nitrogen and oxygen atoms in total. The van der Waals surface area contributed by atoms with Gasteiger partial charge in [0.25, 0.3) is 5.91 Å². The van der Waals surface area contributed by atoms with Crippen LogP contribution in [0.4, 0.5) is 13.2 Å². The van der Waals surface area contributed by atoms with Gasteiger partial charge in [0.05, 0.1) is 10.4 Å². The van der Waals surface area contributed by atoms with Crippen molar-refractivity contribution in [3.63, 3.8) is 0 Å². The van der Waals surface area contributed by atoms with Crippen LogP contribution < -0.4 is 20.1 Å². The van der Waals surface area contributed by atoms with Gasteiger partial charge in [-0.2, -0.15) is 8.78 Å². The number of rotatable bonds is 9. The second-order valence-corrected chi connectivity index (χ2v) is 8.62. The first kappa shape index (κ1) is 22.3. The van der Waals surface area contributed by atoms with Crippen molar-refractivity contribution in [1.29, 1.82) is 0 Å². The van der Waals surface area contributed by atoms with Gasteiger partial charge in [-0.1, -0.05) is 23.7 Å². The Labute approximate surface area is 187 Å². The van der Waals surface area contributed by atoms with Crippen LogP contribution in [0.2, 0.25) is 5.02 Å². The normalized spacial score (nSPS) is 23.0. The van der Waals surface area contributed by atoms with Crippen LogP contribution in [0.15, 0.2) is 42.5 Å². The minimum absolute atomic E-state index is 0.0301. The van der Waals surface area contributed by atoms with E-state index in [4.69, 9.17) is 16.3 Å². The first-order chi connectivity index (χ1) is 15.2. The number of ether oxygens (including phenoxy) is 2. The Morgan fingerprint density at radius 1 is 1.09 bits per heavy atom. The monoisotopic (exact) mass is 468 g/mol. The summed E-state index contributed by atoms with van der Waals surface area (Å²) in [6.45, 7) is -3.00. The molecule has 0 heterocycles. The predicted octanol–water partition coefficient (Wildman–Crippen LogP) is 3.81. The summed E-state index contributed by atoms with van der Waals surface area (Å²) in [4.78, 5) is 24.7. The van der Waals surface area contributed by atoms with Gasteiger partial charge in [0.1, 0.15) is 17.3 Å². The van der Waals surface area contributed by atoms with Gasteiger partial charge in [-0.15, -0.1) is 0 Å². The molecule has 2 aromatic carbocycles. The Bertz CT molecular complexity index is 1030. The Hall–Kier alpha value is -2.94. The van der Waals surface area contributed by atoms with Gasteiger partial charge in [-0.3, -0.25) is 9.59 Å². The second kappa shape index (κ2) is 8.54. The van der Waals surface area contributed by atoms with Gasteiger partial charge >= 0.3 is 6.61 Å². The highest BCUT2D eigenvalue weighted by atomic mass is 35.5. The van der Waals surface area contributed by atoms with Gasteiger partial charge in [0.15, 0.2) is 6.61 Å². The molecule has 170 valence electrons. The van der Waals surface area contributed by atoms with E-state index in [1.165, 1.54) is 24.3 Å². The fourth-order valence-electron chi connectivity index (χ4n) is 4.41. The Balaban J connectivity index is 1.21. The maximum absolute atomic E-state index is 13.4. The average molecular weight is 469 g/mol. The number of halogens is 4.